The number of aromatic nitrogens is 1. The van der Waals surface area contributed by atoms with Crippen molar-refractivity contribution in [3.63, 3.8) is 0 Å². The van der Waals surface area contributed by atoms with Gasteiger partial charge in [0, 0.05) is 28.6 Å². The van der Waals surface area contributed by atoms with Crippen LogP contribution in [0.3, 0.4) is 0 Å². The highest BCUT2D eigenvalue weighted by atomic mass is 35.5. The zero-order valence-electron chi connectivity index (χ0n) is 10.1. The van der Waals surface area contributed by atoms with Crippen LogP contribution in [0.2, 0.25) is 5.02 Å². The van der Waals surface area contributed by atoms with Crippen molar-refractivity contribution < 1.29 is 4.39 Å². The summed E-state index contributed by atoms with van der Waals surface area (Å²) in [5, 5.41) is 1.63. The van der Waals surface area contributed by atoms with Crippen LogP contribution in [0, 0.1) is 5.82 Å². The van der Waals surface area contributed by atoms with Crippen molar-refractivity contribution in [2.45, 2.75) is 6.42 Å². The van der Waals surface area contributed by atoms with Gasteiger partial charge < -0.3 is 0 Å². The third-order valence-corrected chi connectivity index (χ3v) is 3.50. The third-order valence-electron chi connectivity index (χ3n) is 3.15. The van der Waals surface area contributed by atoms with Crippen LogP contribution in [-0.4, -0.2) is 4.98 Å². The number of rotatable bonds is 2. The van der Waals surface area contributed by atoms with E-state index in [0.717, 1.165) is 16.5 Å². The summed E-state index contributed by atoms with van der Waals surface area (Å²) in [6.07, 6.45) is 2.17. The van der Waals surface area contributed by atoms with Crippen LogP contribution in [-0.2, 0) is 6.42 Å². The molecule has 1 nitrogen and oxygen atoms in total. The average molecular weight is 272 g/mol. The first-order valence-corrected chi connectivity index (χ1v) is 6.39. The van der Waals surface area contributed by atoms with Gasteiger partial charge in [0.15, 0.2) is 0 Å². The predicted molar refractivity (Wildman–Crippen MR) is 76.0 cm³/mol. The minimum atomic E-state index is -0.216. The summed E-state index contributed by atoms with van der Waals surface area (Å²) in [7, 11) is 0. The molecule has 0 aliphatic carbocycles. The molecule has 3 heteroatoms. The number of hydrogen-bond donors (Lipinski definition) is 0. The molecular weight excluding hydrogens is 261 g/mol. The Hall–Kier alpha value is -1.93. The molecule has 0 radical (unpaired) electrons. The Morgan fingerprint density at radius 3 is 2.68 bits per heavy atom. The number of fused-ring (bicyclic) bond motifs is 1. The maximum atomic E-state index is 13.7. The Labute approximate surface area is 115 Å². The van der Waals surface area contributed by atoms with Crippen molar-refractivity contribution >= 4 is 22.5 Å². The van der Waals surface area contributed by atoms with Crippen LogP contribution in [0.5, 0.6) is 0 Å². The molecule has 0 saturated heterocycles. The summed E-state index contributed by atoms with van der Waals surface area (Å²) < 4.78 is 13.7. The molecule has 1 aromatic heterocycles. The van der Waals surface area contributed by atoms with Crippen molar-refractivity contribution in [1.29, 1.82) is 0 Å². The molecular formula is C16H11ClFN. The van der Waals surface area contributed by atoms with E-state index in [0.29, 0.717) is 17.0 Å². The molecule has 3 rings (SSSR count). The second-order valence-electron chi connectivity index (χ2n) is 4.37. The van der Waals surface area contributed by atoms with Crippen molar-refractivity contribution in [3.05, 3.63) is 76.7 Å². The van der Waals surface area contributed by atoms with E-state index >= 15 is 0 Å². The summed E-state index contributed by atoms with van der Waals surface area (Å²) >= 11 is 6.24. The first-order chi connectivity index (χ1) is 9.25. The minimum Gasteiger partial charge on any atom is -0.256 e. The fraction of sp³-hybridized carbons (Fsp3) is 0.0625. The van der Waals surface area contributed by atoms with Gasteiger partial charge in [-0.05, 0) is 23.8 Å². The maximum absolute atomic E-state index is 13.7. The fourth-order valence-corrected chi connectivity index (χ4v) is 2.40. The van der Waals surface area contributed by atoms with E-state index in [1.807, 2.05) is 30.3 Å². The average Bonchev–Trinajstić information content (AvgIpc) is 2.44. The zero-order valence-corrected chi connectivity index (χ0v) is 10.9. The second-order valence-corrected chi connectivity index (χ2v) is 4.78. The fourth-order valence-electron chi connectivity index (χ4n) is 2.18. The lowest BCUT2D eigenvalue weighted by Crippen LogP contribution is -1.96. The molecule has 0 aliphatic rings. The number of nitrogens with zero attached hydrogens (tertiary/aromatic N) is 1. The molecule has 2 aromatic carbocycles. The van der Waals surface area contributed by atoms with Crippen molar-refractivity contribution in [2.75, 3.05) is 0 Å². The van der Waals surface area contributed by atoms with E-state index in [9.17, 15) is 4.39 Å². The van der Waals surface area contributed by atoms with E-state index in [4.69, 9.17) is 11.6 Å². The van der Waals surface area contributed by atoms with Crippen LogP contribution in [0.15, 0.2) is 54.7 Å². The number of hydrogen-bond acceptors (Lipinski definition) is 1. The standard InChI is InChI=1S/C16H11ClFN/c17-14-8-7-11-5-3-9-19-16(11)13(14)10-12-4-1-2-6-15(12)18/h1-9H,10H2. The summed E-state index contributed by atoms with van der Waals surface area (Å²) in [6.45, 7) is 0. The quantitative estimate of drug-likeness (QED) is 0.663. The highest BCUT2D eigenvalue weighted by Crippen LogP contribution is 2.27. The lowest BCUT2D eigenvalue weighted by atomic mass is 10.0. The van der Waals surface area contributed by atoms with Crippen molar-refractivity contribution in [2.24, 2.45) is 0 Å². The van der Waals surface area contributed by atoms with E-state index < -0.39 is 0 Å². The largest absolute Gasteiger partial charge is 0.256 e. The Kier molecular flexibility index (Phi) is 3.18. The van der Waals surface area contributed by atoms with Crippen LogP contribution in [0.1, 0.15) is 11.1 Å². The van der Waals surface area contributed by atoms with Crippen molar-refractivity contribution in [1.82, 2.24) is 4.98 Å². The van der Waals surface area contributed by atoms with Gasteiger partial charge in [0.2, 0.25) is 0 Å². The molecule has 0 saturated carbocycles. The lowest BCUT2D eigenvalue weighted by Gasteiger charge is -2.09. The van der Waals surface area contributed by atoms with Gasteiger partial charge in [-0.25, -0.2) is 4.39 Å². The van der Waals surface area contributed by atoms with Gasteiger partial charge in [0.25, 0.3) is 0 Å². The maximum Gasteiger partial charge on any atom is 0.126 e. The molecule has 0 N–H and O–H groups in total. The Morgan fingerprint density at radius 1 is 1.00 bits per heavy atom. The lowest BCUT2D eigenvalue weighted by molar-refractivity contribution is 0.614. The topological polar surface area (TPSA) is 12.9 Å². The molecule has 0 spiro atoms. The van der Waals surface area contributed by atoms with Gasteiger partial charge in [-0.1, -0.05) is 41.9 Å². The summed E-state index contributed by atoms with van der Waals surface area (Å²) in [5.41, 5.74) is 2.32. The number of benzene rings is 2. The number of pyridine rings is 1. The SMILES string of the molecule is Fc1ccccc1Cc1c(Cl)ccc2cccnc12. The Bertz CT molecular complexity index is 740. The van der Waals surface area contributed by atoms with Crippen LogP contribution >= 0.6 is 11.6 Å². The highest BCUT2D eigenvalue weighted by Gasteiger charge is 2.10. The molecule has 0 fully saturated rings. The molecule has 0 aliphatic heterocycles. The smallest absolute Gasteiger partial charge is 0.126 e. The summed E-state index contributed by atoms with van der Waals surface area (Å²) in [6, 6.07) is 14.4. The van der Waals surface area contributed by atoms with Crippen LogP contribution < -0.4 is 0 Å². The molecule has 0 atom stereocenters. The molecule has 1 heterocycles. The first-order valence-electron chi connectivity index (χ1n) is 6.01. The summed E-state index contributed by atoms with van der Waals surface area (Å²) in [4.78, 5) is 4.36. The molecule has 94 valence electrons. The van der Waals surface area contributed by atoms with Gasteiger partial charge in [-0.15, -0.1) is 0 Å². The van der Waals surface area contributed by atoms with E-state index in [1.165, 1.54) is 6.07 Å². The van der Waals surface area contributed by atoms with Crippen molar-refractivity contribution in [3.8, 4) is 0 Å². The Balaban J connectivity index is 2.15. The van der Waals surface area contributed by atoms with Gasteiger partial charge in [0.05, 0.1) is 5.52 Å². The minimum absolute atomic E-state index is 0.216. The summed E-state index contributed by atoms with van der Waals surface area (Å²) in [5.74, 6) is -0.216. The van der Waals surface area contributed by atoms with Gasteiger partial charge >= 0.3 is 0 Å². The Morgan fingerprint density at radius 2 is 1.84 bits per heavy atom. The second kappa shape index (κ2) is 4.98. The van der Waals surface area contributed by atoms with Gasteiger partial charge in [-0.2, -0.15) is 0 Å². The highest BCUT2D eigenvalue weighted by molar-refractivity contribution is 6.32. The van der Waals surface area contributed by atoms with E-state index in [1.54, 1.807) is 18.3 Å². The molecule has 0 unspecified atom stereocenters. The monoisotopic (exact) mass is 271 g/mol. The molecule has 3 aromatic rings. The molecule has 0 amide bonds. The third kappa shape index (κ3) is 2.32. The first kappa shape index (κ1) is 12.1. The van der Waals surface area contributed by atoms with Gasteiger partial charge in [-0.3, -0.25) is 4.98 Å². The zero-order chi connectivity index (χ0) is 13.2. The van der Waals surface area contributed by atoms with E-state index in [-0.39, 0.29) is 5.82 Å². The number of halogens is 2. The molecule has 0 bridgehead atoms. The van der Waals surface area contributed by atoms with Crippen LogP contribution in [0.25, 0.3) is 10.9 Å². The van der Waals surface area contributed by atoms with Crippen LogP contribution in [0.4, 0.5) is 4.39 Å². The molecule has 19 heavy (non-hydrogen) atoms. The predicted octanol–water partition coefficient (Wildman–Crippen LogP) is 4.62. The van der Waals surface area contributed by atoms with E-state index in [2.05, 4.69) is 4.98 Å². The van der Waals surface area contributed by atoms with Gasteiger partial charge in [0.1, 0.15) is 5.82 Å². The normalized spacial score (nSPS) is 10.8.